The fraction of sp³-hybridized carbons (Fsp3) is 0.579. The Morgan fingerprint density at radius 3 is 2.33 bits per heavy atom. The predicted molar refractivity (Wildman–Crippen MR) is 90.5 cm³/mol. The van der Waals surface area contributed by atoms with Crippen LogP contribution in [0.4, 0.5) is 17.6 Å². The highest BCUT2D eigenvalue weighted by atomic mass is 19.3. The van der Waals surface area contributed by atoms with Crippen molar-refractivity contribution in [1.82, 2.24) is 10.2 Å². The van der Waals surface area contributed by atoms with E-state index in [4.69, 9.17) is 0 Å². The number of rotatable bonds is 3. The van der Waals surface area contributed by atoms with Crippen LogP contribution in [-0.4, -0.2) is 41.8 Å². The van der Waals surface area contributed by atoms with Crippen molar-refractivity contribution in [3.05, 3.63) is 34.9 Å². The van der Waals surface area contributed by atoms with E-state index in [2.05, 4.69) is 5.32 Å². The Morgan fingerprint density at radius 1 is 1.11 bits per heavy atom. The summed E-state index contributed by atoms with van der Waals surface area (Å²) >= 11 is 0. The molecule has 2 atom stereocenters. The number of likely N-dealkylation sites (tertiary alicyclic amines) is 1. The van der Waals surface area contributed by atoms with Gasteiger partial charge in [0.2, 0.25) is 11.8 Å². The SMILES string of the molecule is CC(C)N1CCC(c2cc(F)c(C3CCC(=O)NC3=O)cc2F)C(F)(F)C1. The second-order valence-electron chi connectivity index (χ2n) is 7.57. The third-order valence-electron chi connectivity index (χ3n) is 5.47. The van der Waals surface area contributed by atoms with Crippen LogP contribution < -0.4 is 5.32 Å². The number of imide groups is 1. The molecule has 2 amide bonds. The molecule has 1 N–H and O–H groups in total. The van der Waals surface area contributed by atoms with Gasteiger partial charge in [0, 0.05) is 18.0 Å². The summed E-state index contributed by atoms with van der Waals surface area (Å²) in [5, 5.41) is 2.09. The lowest BCUT2D eigenvalue weighted by Crippen LogP contribution is -2.50. The first-order valence-corrected chi connectivity index (χ1v) is 9.04. The van der Waals surface area contributed by atoms with Gasteiger partial charge in [0.1, 0.15) is 11.6 Å². The maximum atomic E-state index is 14.7. The molecule has 0 aliphatic carbocycles. The topological polar surface area (TPSA) is 49.4 Å². The van der Waals surface area contributed by atoms with Gasteiger partial charge in [-0.05, 0) is 50.9 Å². The second-order valence-corrected chi connectivity index (χ2v) is 7.57. The smallest absolute Gasteiger partial charge is 0.267 e. The number of nitrogens with one attached hydrogen (secondary N) is 1. The molecule has 1 aromatic rings. The number of hydrogen-bond donors (Lipinski definition) is 1. The molecule has 2 aliphatic rings. The van der Waals surface area contributed by atoms with E-state index in [1.54, 1.807) is 4.90 Å². The molecule has 0 spiro atoms. The van der Waals surface area contributed by atoms with Crippen molar-refractivity contribution in [2.45, 2.75) is 56.9 Å². The molecule has 0 bridgehead atoms. The molecule has 0 aromatic heterocycles. The zero-order valence-electron chi connectivity index (χ0n) is 15.2. The first-order valence-electron chi connectivity index (χ1n) is 9.04. The van der Waals surface area contributed by atoms with Crippen LogP contribution in [0.25, 0.3) is 0 Å². The number of alkyl halides is 2. The average Bonchev–Trinajstić information content (AvgIpc) is 2.56. The Labute approximate surface area is 154 Å². The lowest BCUT2D eigenvalue weighted by Gasteiger charge is -2.40. The molecule has 27 heavy (non-hydrogen) atoms. The van der Waals surface area contributed by atoms with E-state index in [9.17, 15) is 27.2 Å². The zero-order valence-corrected chi connectivity index (χ0v) is 15.2. The molecule has 148 valence electrons. The highest BCUT2D eigenvalue weighted by Crippen LogP contribution is 2.43. The maximum Gasteiger partial charge on any atom is 0.267 e. The lowest BCUT2D eigenvalue weighted by atomic mass is 9.83. The van der Waals surface area contributed by atoms with E-state index in [0.29, 0.717) is 6.54 Å². The van der Waals surface area contributed by atoms with Gasteiger partial charge in [-0.25, -0.2) is 17.6 Å². The number of benzene rings is 1. The first kappa shape index (κ1) is 19.8. The Hall–Kier alpha value is -1.96. The van der Waals surface area contributed by atoms with Gasteiger partial charge in [-0.2, -0.15) is 0 Å². The second kappa shape index (κ2) is 7.22. The molecular weight excluding hydrogens is 364 g/mol. The quantitative estimate of drug-likeness (QED) is 0.641. The molecular formula is C19H22F4N2O2. The van der Waals surface area contributed by atoms with Crippen molar-refractivity contribution < 1.29 is 27.2 Å². The Balaban J connectivity index is 1.89. The zero-order chi connectivity index (χ0) is 19.9. The van der Waals surface area contributed by atoms with Crippen LogP contribution in [0.1, 0.15) is 56.1 Å². The third kappa shape index (κ3) is 3.85. The van der Waals surface area contributed by atoms with Crippen LogP contribution in [0.15, 0.2) is 12.1 Å². The van der Waals surface area contributed by atoms with E-state index in [1.165, 1.54) is 0 Å². The Morgan fingerprint density at radius 2 is 1.74 bits per heavy atom. The lowest BCUT2D eigenvalue weighted by molar-refractivity contribution is -0.134. The minimum absolute atomic E-state index is 0.0132. The largest absolute Gasteiger partial charge is 0.296 e. The normalized spacial score (nSPS) is 26.3. The van der Waals surface area contributed by atoms with Gasteiger partial charge >= 0.3 is 0 Å². The molecule has 2 fully saturated rings. The van der Waals surface area contributed by atoms with Gasteiger partial charge in [-0.1, -0.05) is 0 Å². The fourth-order valence-corrected chi connectivity index (χ4v) is 3.89. The van der Waals surface area contributed by atoms with Gasteiger partial charge in [-0.3, -0.25) is 19.8 Å². The average molecular weight is 386 g/mol. The number of halogens is 4. The van der Waals surface area contributed by atoms with Crippen molar-refractivity contribution in [3.8, 4) is 0 Å². The third-order valence-corrected chi connectivity index (χ3v) is 5.47. The molecule has 2 saturated heterocycles. The van der Waals surface area contributed by atoms with Crippen LogP contribution in [0.3, 0.4) is 0 Å². The molecule has 2 heterocycles. The number of nitrogens with zero attached hydrogens (tertiary/aromatic N) is 1. The number of piperidine rings is 2. The summed E-state index contributed by atoms with van der Waals surface area (Å²) in [5.74, 6) is -8.63. The predicted octanol–water partition coefficient (Wildman–Crippen LogP) is 3.32. The summed E-state index contributed by atoms with van der Waals surface area (Å²) in [6.45, 7) is 3.48. The van der Waals surface area contributed by atoms with Crippen LogP contribution >= 0.6 is 0 Å². The molecule has 0 radical (unpaired) electrons. The molecule has 8 heteroatoms. The molecule has 0 saturated carbocycles. The van der Waals surface area contributed by atoms with Crippen LogP contribution in [-0.2, 0) is 9.59 Å². The Kier molecular flexibility index (Phi) is 5.29. The highest BCUT2D eigenvalue weighted by Gasteiger charge is 2.47. The molecule has 2 aliphatic heterocycles. The van der Waals surface area contributed by atoms with Crippen molar-refractivity contribution in [2.75, 3.05) is 13.1 Å². The van der Waals surface area contributed by atoms with E-state index < -0.39 is 47.8 Å². The molecule has 3 rings (SSSR count). The summed E-state index contributed by atoms with van der Waals surface area (Å²) in [5.41, 5.74) is -0.568. The fourth-order valence-electron chi connectivity index (χ4n) is 3.89. The van der Waals surface area contributed by atoms with Gasteiger partial charge in [0.25, 0.3) is 5.92 Å². The molecule has 4 nitrogen and oxygen atoms in total. The monoisotopic (exact) mass is 386 g/mol. The van der Waals surface area contributed by atoms with Crippen molar-refractivity contribution in [1.29, 1.82) is 0 Å². The summed E-state index contributed by atoms with van der Waals surface area (Å²) in [6.07, 6.45) is 0.0908. The number of carbonyl (C=O) groups excluding carboxylic acids is 2. The minimum Gasteiger partial charge on any atom is -0.296 e. The van der Waals surface area contributed by atoms with Crippen LogP contribution in [0.2, 0.25) is 0 Å². The first-order chi connectivity index (χ1) is 12.6. The van der Waals surface area contributed by atoms with Crippen molar-refractivity contribution in [2.24, 2.45) is 0 Å². The summed E-state index contributed by atoms with van der Waals surface area (Å²) in [6, 6.07) is 1.56. The van der Waals surface area contributed by atoms with Crippen LogP contribution in [0.5, 0.6) is 0 Å². The molecule has 1 aromatic carbocycles. The van der Waals surface area contributed by atoms with Gasteiger partial charge in [0.15, 0.2) is 0 Å². The van der Waals surface area contributed by atoms with Crippen molar-refractivity contribution >= 4 is 11.8 Å². The van der Waals surface area contributed by atoms with E-state index in [1.807, 2.05) is 13.8 Å². The van der Waals surface area contributed by atoms with Gasteiger partial charge < -0.3 is 0 Å². The minimum atomic E-state index is -3.19. The Bertz CT molecular complexity index is 766. The number of amides is 2. The maximum absolute atomic E-state index is 14.7. The summed E-state index contributed by atoms with van der Waals surface area (Å²) < 4.78 is 58.5. The van der Waals surface area contributed by atoms with E-state index in [0.717, 1.165) is 12.1 Å². The van der Waals surface area contributed by atoms with E-state index >= 15 is 0 Å². The number of carbonyl (C=O) groups is 2. The van der Waals surface area contributed by atoms with Crippen LogP contribution in [0, 0.1) is 11.6 Å². The standard InChI is InChI=1S/C19H22F4N2O2/c1-10(2)25-6-5-14(19(22,23)9-25)13-8-15(20)12(7-16(13)21)11-3-4-17(26)24-18(11)27/h7-8,10-11,14H,3-6,9H2,1-2H3,(H,24,26,27). The summed E-state index contributed by atoms with van der Waals surface area (Å²) in [7, 11) is 0. The van der Waals surface area contributed by atoms with Gasteiger partial charge in [0.05, 0.1) is 18.4 Å². The van der Waals surface area contributed by atoms with E-state index in [-0.39, 0.29) is 36.4 Å². The van der Waals surface area contributed by atoms with Crippen molar-refractivity contribution in [3.63, 3.8) is 0 Å². The summed E-state index contributed by atoms with van der Waals surface area (Å²) in [4.78, 5) is 24.7. The highest BCUT2D eigenvalue weighted by molar-refractivity contribution is 6.00. The van der Waals surface area contributed by atoms with Gasteiger partial charge in [-0.15, -0.1) is 0 Å². The number of hydrogen-bond acceptors (Lipinski definition) is 3. The molecule has 2 unspecified atom stereocenters.